The van der Waals surface area contributed by atoms with Crippen molar-refractivity contribution in [2.45, 2.75) is 32.7 Å². The summed E-state index contributed by atoms with van der Waals surface area (Å²) in [6, 6.07) is 8.23. The first kappa shape index (κ1) is 13.4. The van der Waals surface area contributed by atoms with E-state index in [4.69, 9.17) is 9.84 Å². The Balaban J connectivity index is 1.73. The number of aliphatic hydroxyl groups is 1. The number of hydrogen-bond acceptors (Lipinski definition) is 3. The van der Waals surface area contributed by atoms with E-state index in [1.165, 1.54) is 18.4 Å². The molecule has 100 valence electrons. The molecule has 0 aromatic heterocycles. The lowest BCUT2D eigenvalue weighted by atomic mass is 10.0. The Morgan fingerprint density at radius 1 is 1.28 bits per heavy atom. The second-order valence-electron chi connectivity index (χ2n) is 5.15. The fourth-order valence-electron chi connectivity index (χ4n) is 2.27. The molecule has 0 saturated heterocycles. The fraction of sp³-hybridized carbons (Fsp3) is 0.600. The molecule has 1 aliphatic carbocycles. The second kappa shape index (κ2) is 6.21. The first-order valence-electron chi connectivity index (χ1n) is 6.81. The Morgan fingerprint density at radius 2 is 2.00 bits per heavy atom. The van der Waals surface area contributed by atoms with Crippen molar-refractivity contribution in [2.24, 2.45) is 5.41 Å². The molecule has 0 spiro atoms. The second-order valence-corrected chi connectivity index (χ2v) is 5.15. The Morgan fingerprint density at radius 3 is 2.56 bits per heavy atom. The highest BCUT2D eigenvalue weighted by Crippen LogP contribution is 2.47. The van der Waals surface area contributed by atoms with E-state index in [9.17, 15) is 0 Å². The normalized spacial score (nSPS) is 16.6. The molecule has 3 nitrogen and oxygen atoms in total. The summed E-state index contributed by atoms with van der Waals surface area (Å²) in [5.74, 6) is 0.931. The zero-order valence-corrected chi connectivity index (χ0v) is 11.1. The van der Waals surface area contributed by atoms with E-state index in [2.05, 4.69) is 17.4 Å². The number of hydrogen-bond donors (Lipinski definition) is 2. The van der Waals surface area contributed by atoms with E-state index in [1.54, 1.807) is 0 Å². The van der Waals surface area contributed by atoms with Crippen LogP contribution >= 0.6 is 0 Å². The SMILES string of the molecule is CCOc1ccc(CNCC2(CCO)CC2)cc1. The summed E-state index contributed by atoms with van der Waals surface area (Å²) in [4.78, 5) is 0. The molecular weight excluding hydrogens is 226 g/mol. The largest absolute Gasteiger partial charge is 0.494 e. The quantitative estimate of drug-likeness (QED) is 0.743. The van der Waals surface area contributed by atoms with Gasteiger partial charge in [-0.05, 0) is 49.3 Å². The molecule has 0 atom stereocenters. The lowest BCUT2D eigenvalue weighted by Gasteiger charge is -2.14. The van der Waals surface area contributed by atoms with Gasteiger partial charge >= 0.3 is 0 Å². The maximum atomic E-state index is 9.00. The van der Waals surface area contributed by atoms with Crippen LogP contribution in [0.2, 0.25) is 0 Å². The van der Waals surface area contributed by atoms with Gasteiger partial charge in [-0.2, -0.15) is 0 Å². The van der Waals surface area contributed by atoms with Gasteiger partial charge < -0.3 is 15.2 Å². The minimum atomic E-state index is 0.310. The third-order valence-corrected chi connectivity index (χ3v) is 3.66. The van der Waals surface area contributed by atoms with Gasteiger partial charge in [0.2, 0.25) is 0 Å². The molecule has 2 N–H and O–H groups in total. The van der Waals surface area contributed by atoms with Crippen molar-refractivity contribution in [1.82, 2.24) is 5.32 Å². The van der Waals surface area contributed by atoms with Crippen molar-refractivity contribution >= 4 is 0 Å². The predicted octanol–water partition coefficient (Wildman–Crippen LogP) is 2.34. The summed E-state index contributed by atoms with van der Waals surface area (Å²) < 4.78 is 5.41. The van der Waals surface area contributed by atoms with Gasteiger partial charge in [0.15, 0.2) is 0 Å². The van der Waals surface area contributed by atoms with Gasteiger partial charge in [0.05, 0.1) is 6.61 Å². The molecule has 0 radical (unpaired) electrons. The number of benzene rings is 1. The van der Waals surface area contributed by atoms with Gasteiger partial charge in [0.25, 0.3) is 0 Å². The predicted molar refractivity (Wildman–Crippen MR) is 72.7 cm³/mol. The van der Waals surface area contributed by atoms with E-state index in [1.807, 2.05) is 19.1 Å². The van der Waals surface area contributed by atoms with Crippen LogP contribution in [-0.2, 0) is 6.54 Å². The van der Waals surface area contributed by atoms with Gasteiger partial charge in [0, 0.05) is 19.7 Å². The number of rotatable bonds is 8. The topological polar surface area (TPSA) is 41.5 Å². The molecule has 0 heterocycles. The minimum Gasteiger partial charge on any atom is -0.494 e. The fourth-order valence-corrected chi connectivity index (χ4v) is 2.27. The molecule has 0 aliphatic heterocycles. The first-order chi connectivity index (χ1) is 8.78. The van der Waals surface area contributed by atoms with Crippen LogP contribution in [0.15, 0.2) is 24.3 Å². The summed E-state index contributed by atoms with van der Waals surface area (Å²) in [5, 5.41) is 12.5. The van der Waals surface area contributed by atoms with E-state index in [0.717, 1.165) is 25.3 Å². The van der Waals surface area contributed by atoms with Crippen molar-refractivity contribution in [3.63, 3.8) is 0 Å². The third kappa shape index (κ3) is 3.72. The van der Waals surface area contributed by atoms with Crippen molar-refractivity contribution in [3.05, 3.63) is 29.8 Å². The molecule has 1 aromatic rings. The Labute approximate surface area is 109 Å². The van der Waals surface area contributed by atoms with Crippen molar-refractivity contribution in [1.29, 1.82) is 0 Å². The van der Waals surface area contributed by atoms with Crippen LogP contribution in [0.25, 0.3) is 0 Å². The van der Waals surface area contributed by atoms with Crippen LogP contribution in [0.5, 0.6) is 5.75 Å². The van der Waals surface area contributed by atoms with Gasteiger partial charge in [0.1, 0.15) is 5.75 Å². The van der Waals surface area contributed by atoms with Gasteiger partial charge in [-0.25, -0.2) is 0 Å². The van der Waals surface area contributed by atoms with Gasteiger partial charge in [-0.3, -0.25) is 0 Å². The zero-order chi connectivity index (χ0) is 12.8. The van der Waals surface area contributed by atoms with Crippen LogP contribution in [0.1, 0.15) is 31.7 Å². The molecule has 0 amide bonds. The number of nitrogens with one attached hydrogen (secondary N) is 1. The average Bonchev–Trinajstić information content (AvgIpc) is 3.12. The highest BCUT2D eigenvalue weighted by molar-refractivity contribution is 5.27. The first-order valence-corrected chi connectivity index (χ1v) is 6.81. The molecule has 1 aliphatic rings. The Hall–Kier alpha value is -1.06. The Bertz CT molecular complexity index is 357. The van der Waals surface area contributed by atoms with E-state index in [0.29, 0.717) is 18.6 Å². The molecule has 0 bridgehead atoms. The molecule has 2 rings (SSSR count). The van der Waals surface area contributed by atoms with E-state index < -0.39 is 0 Å². The Kier molecular flexibility index (Phi) is 4.61. The highest BCUT2D eigenvalue weighted by atomic mass is 16.5. The average molecular weight is 249 g/mol. The molecule has 18 heavy (non-hydrogen) atoms. The van der Waals surface area contributed by atoms with E-state index >= 15 is 0 Å². The molecule has 1 saturated carbocycles. The summed E-state index contributed by atoms with van der Waals surface area (Å²) in [6.07, 6.45) is 3.44. The third-order valence-electron chi connectivity index (χ3n) is 3.66. The van der Waals surface area contributed by atoms with Crippen molar-refractivity contribution in [2.75, 3.05) is 19.8 Å². The lowest BCUT2D eigenvalue weighted by Crippen LogP contribution is -2.24. The summed E-state index contributed by atoms with van der Waals surface area (Å²) in [7, 11) is 0. The standard InChI is InChI=1S/C15H23NO2/c1-2-18-14-5-3-13(4-6-14)11-16-12-15(7-8-15)9-10-17/h3-6,16-17H,2,7-12H2,1H3. The summed E-state index contributed by atoms with van der Waals surface area (Å²) in [5.41, 5.74) is 1.67. The molecule has 1 fully saturated rings. The van der Waals surface area contributed by atoms with Crippen LogP contribution in [0, 0.1) is 5.41 Å². The van der Waals surface area contributed by atoms with Crippen LogP contribution in [0.3, 0.4) is 0 Å². The molecule has 0 unspecified atom stereocenters. The van der Waals surface area contributed by atoms with Crippen LogP contribution in [-0.4, -0.2) is 24.9 Å². The highest BCUT2D eigenvalue weighted by Gasteiger charge is 2.41. The van der Waals surface area contributed by atoms with Crippen LogP contribution < -0.4 is 10.1 Å². The maximum Gasteiger partial charge on any atom is 0.119 e. The van der Waals surface area contributed by atoms with E-state index in [-0.39, 0.29) is 0 Å². The number of aliphatic hydroxyl groups excluding tert-OH is 1. The monoisotopic (exact) mass is 249 g/mol. The van der Waals surface area contributed by atoms with Gasteiger partial charge in [-0.1, -0.05) is 12.1 Å². The zero-order valence-electron chi connectivity index (χ0n) is 11.1. The van der Waals surface area contributed by atoms with Crippen molar-refractivity contribution < 1.29 is 9.84 Å². The molecule has 1 aromatic carbocycles. The summed E-state index contributed by atoms with van der Waals surface area (Å²) in [6.45, 7) is 4.91. The molecular formula is C15H23NO2. The maximum absolute atomic E-state index is 9.00. The smallest absolute Gasteiger partial charge is 0.119 e. The minimum absolute atomic E-state index is 0.310. The number of ether oxygens (including phenoxy) is 1. The summed E-state index contributed by atoms with van der Waals surface area (Å²) >= 11 is 0. The molecule has 3 heteroatoms. The van der Waals surface area contributed by atoms with Crippen molar-refractivity contribution in [3.8, 4) is 5.75 Å². The van der Waals surface area contributed by atoms with Gasteiger partial charge in [-0.15, -0.1) is 0 Å². The van der Waals surface area contributed by atoms with Crippen LogP contribution in [0.4, 0.5) is 0 Å². The lowest BCUT2D eigenvalue weighted by molar-refractivity contribution is 0.245.